The Morgan fingerprint density at radius 3 is 2.74 bits per heavy atom. The minimum Gasteiger partial charge on any atom is -0.508 e. The number of carbonyl (C=O) groups is 1. The zero-order valence-electron chi connectivity index (χ0n) is 11.2. The molecular formula is C15H20N2O2. The molecule has 2 aliphatic rings. The van der Waals surface area contributed by atoms with Crippen LogP contribution in [-0.4, -0.2) is 35.0 Å². The highest BCUT2D eigenvalue weighted by atomic mass is 16.3. The molecule has 2 fully saturated rings. The predicted octanol–water partition coefficient (Wildman–Crippen LogP) is 1.51. The van der Waals surface area contributed by atoms with Gasteiger partial charge in [-0.2, -0.15) is 0 Å². The summed E-state index contributed by atoms with van der Waals surface area (Å²) in [5, 5.41) is 9.70. The maximum absolute atomic E-state index is 12.4. The van der Waals surface area contributed by atoms with Crippen LogP contribution in [0.3, 0.4) is 0 Å². The number of aryl methyl sites for hydroxylation is 1. The molecule has 1 amide bonds. The smallest absolute Gasteiger partial charge is 0.254 e. The summed E-state index contributed by atoms with van der Waals surface area (Å²) in [6, 6.07) is 5.20. The number of phenolic OH excluding ortho intramolecular Hbond substituents is 1. The molecule has 4 nitrogen and oxygen atoms in total. The quantitative estimate of drug-likeness (QED) is 0.847. The third-order valence-electron chi connectivity index (χ3n) is 4.38. The lowest BCUT2D eigenvalue weighted by Crippen LogP contribution is -2.32. The van der Waals surface area contributed by atoms with Crippen LogP contribution in [0.4, 0.5) is 0 Å². The number of hydrogen-bond donors (Lipinski definition) is 2. The molecule has 0 spiro atoms. The number of aromatic hydroxyl groups is 1. The van der Waals surface area contributed by atoms with E-state index in [1.165, 1.54) is 12.8 Å². The molecule has 3 rings (SSSR count). The van der Waals surface area contributed by atoms with Crippen molar-refractivity contribution in [1.29, 1.82) is 0 Å². The summed E-state index contributed by atoms with van der Waals surface area (Å²) in [6.45, 7) is 3.21. The van der Waals surface area contributed by atoms with Gasteiger partial charge in [-0.25, -0.2) is 0 Å². The number of phenols is 1. The van der Waals surface area contributed by atoms with Gasteiger partial charge in [-0.05, 0) is 49.3 Å². The fourth-order valence-corrected chi connectivity index (χ4v) is 2.97. The van der Waals surface area contributed by atoms with Crippen molar-refractivity contribution in [2.24, 2.45) is 17.6 Å². The number of carbonyl (C=O) groups excluding carboxylic acids is 1. The van der Waals surface area contributed by atoms with Crippen molar-refractivity contribution in [3.8, 4) is 5.75 Å². The van der Waals surface area contributed by atoms with Crippen molar-refractivity contribution in [3.63, 3.8) is 0 Å². The largest absolute Gasteiger partial charge is 0.508 e. The molecule has 1 aliphatic heterocycles. The van der Waals surface area contributed by atoms with E-state index in [0.717, 1.165) is 18.0 Å². The van der Waals surface area contributed by atoms with Gasteiger partial charge in [0.2, 0.25) is 0 Å². The van der Waals surface area contributed by atoms with Gasteiger partial charge in [0.1, 0.15) is 5.75 Å². The van der Waals surface area contributed by atoms with E-state index in [2.05, 4.69) is 0 Å². The predicted molar refractivity (Wildman–Crippen MR) is 72.9 cm³/mol. The molecular weight excluding hydrogens is 240 g/mol. The molecule has 1 aromatic rings. The third kappa shape index (κ3) is 2.32. The average molecular weight is 260 g/mol. The Morgan fingerprint density at radius 2 is 2.11 bits per heavy atom. The second kappa shape index (κ2) is 4.53. The molecule has 1 aromatic carbocycles. The van der Waals surface area contributed by atoms with Crippen LogP contribution >= 0.6 is 0 Å². The number of nitrogens with two attached hydrogens (primary N) is 1. The topological polar surface area (TPSA) is 66.6 Å². The second-order valence-corrected chi connectivity index (χ2v) is 5.88. The van der Waals surface area contributed by atoms with Crippen LogP contribution < -0.4 is 5.73 Å². The summed E-state index contributed by atoms with van der Waals surface area (Å²) >= 11 is 0. The van der Waals surface area contributed by atoms with Gasteiger partial charge in [0, 0.05) is 24.7 Å². The molecule has 0 unspecified atom stereocenters. The Balaban J connectivity index is 1.75. The minimum atomic E-state index is -0.0195. The van der Waals surface area contributed by atoms with Crippen LogP contribution in [0.15, 0.2) is 18.2 Å². The molecule has 19 heavy (non-hydrogen) atoms. The van der Waals surface area contributed by atoms with Crippen molar-refractivity contribution >= 4 is 5.91 Å². The molecule has 0 radical (unpaired) electrons. The Morgan fingerprint density at radius 1 is 1.37 bits per heavy atom. The molecule has 1 saturated carbocycles. The second-order valence-electron chi connectivity index (χ2n) is 5.88. The van der Waals surface area contributed by atoms with Crippen LogP contribution in [0.5, 0.6) is 5.75 Å². The van der Waals surface area contributed by atoms with Gasteiger partial charge in [-0.15, -0.1) is 0 Å². The fraction of sp³-hybridized carbons (Fsp3) is 0.533. The maximum atomic E-state index is 12.4. The lowest BCUT2D eigenvalue weighted by Gasteiger charge is -2.16. The number of benzene rings is 1. The minimum absolute atomic E-state index is 0.0195. The van der Waals surface area contributed by atoms with E-state index in [0.29, 0.717) is 18.0 Å². The first-order chi connectivity index (χ1) is 9.06. The molecule has 1 aliphatic carbocycles. The standard InChI is InChI=1S/C15H20N2O2/c1-9-2-3-11(6-14(9)18)15(19)17-7-12(10-4-5-10)13(16)8-17/h2-3,6,10,12-13,18H,4-5,7-8,16H2,1H3/t12-,13+/m1/s1. The van der Waals surface area contributed by atoms with E-state index in [1.807, 2.05) is 11.8 Å². The number of rotatable bonds is 2. The Labute approximate surface area is 113 Å². The number of amides is 1. The van der Waals surface area contributed by atoms with Gasteiger partial charge in [0.15, 0.2) is 0 Å². The Hall–Kier alpha value is -1.55. The number of nitrogens with zero attached hydrogens (tertiary/aromatic N) is 1. The highest BCUT2D eigenvalue weighted by Gasteiger charge is 2.42. The molecule has 3 N–H and O–H groups in total. The molecule has 0 aromatic heterocycles. The first kappa shape index (κ1) is 12.5. The maximum Gasteiger partial charge on any atom is 0.254 e. The van der Waals surface area contributed by atoms with E-state index in [1.54, 1.807) is 18.2 Å². The number of hydrogen-bond acceptors (Lipinski definition) is 3. The van der Waals surface area contributed by atoms with Gasteiger partial charge in [-0.1, -0.05) is 6.07 Å². The van der Waals surface area contributed by atoms with Gasteiger partial charge < -0.3 is 15.7 Å². The average Bonchev–Trinajstić information content (AvgIpc) is 3.15. The number of likely N-dealkylation sites (tertiary alicyclic amines) is 1. The summed E-state index contributed by atoms with van der Waals surface area (Å²) in [6.07, 6.45) is 2.51. The first-order valence-corrected chi connectivity index (χ1v) is 6.90. The van der Waals surface area contributed by atoms with E-state index in [-0.39, 0.29) is 17.7 Å². The first-order valence-electron chi connectivity index (χ1n) is 6.90. The van der Waals surface area contributed by atoms with Gasteiger partial charge in [-0.3, -0.25) is 4.79 Å². The van der Waals surface area contributed by atoms with Crippen LogP contribution in [-0.2, 0) is 0 Å². The lowest BCUT2D eigenvalue weighted by molar-refractivity contribution is 0.0784. The van der Waals surface area contributed by atoms with Crippen molar-refractivity contribution in [2.75, 3.05) is 13.1 Å². The zero-order valence-corrected chi connectivity index (χ0v) is 11.2. The summed E-state index contributed by atoms with van der Waals surface area (Å²) < 4.78 is 0. The van der Waals surface area contributed by atoms with E-state index < -0.39 is 0 Å². The summed E-state index contributed by atoms with van der Waals surface area (Å²) in [4.78, 5) is 14.2. The SMILES string of the molecule is Cc1ccc(C(=O)N2C[C@H](C3CC3)[C@@H](N)C2)cc1O. The monoisotopic (exact) mass is 260 g/mol. The Bertz CT molecular complexity index is 511. The molecule has 0 bridgehead atoms. The summed E-state index contributed by atoms with van der Waals surface area (Å²) in [7, 11) is 0. The van der Waals surface area contributed by atoms with Crippen LogP contribution in [0.1, 0.15) is 28.8 Å². The molecule has 4 heteroatoms. The molecule has 1 saturated heterocycles. The fourth-order valence-electron chi connectivity index (χ4n) is 2.97. The Kier molecular flexibility index (Phi) is 2.97. The zero-order chi connectivity index (χ0) is 13.6. The van der Waals surface area contributed by atoms with Crippen LogP contribution in [0.25, 0.3) is 0 Å². The van der Waals surface area contributed by atoms with Crippen molar-refractivity contribution in [1.82, 2.24) is 4.90 Å². The molecule has 1 heterocycles. The van der Waals surface area contributed by atoms with Gasteiger partial charge >= 0.3 is 0 Å². The molecule has 2 atom stereocenters. The van der Waals surface area contributed by atoms with Gasteiger partial charge in [0.05, 0.1) is 0 Å². The molecule has 102 valence electrons. The van der Waals surface area contributed by atoms with E-state index in [4.69, 9.17) is 5.73 Å². The highest BCUT2D eigenvalue weighted by Crippen LogP contribution is 2.41. The summed E-state index contributed by atoms with van der Waals surface area (Å²) in [5.74, 6) is 1.34. The van der Waals surface area contributed by atoms with E-state index in [9.17, 15) is 9.90 Å². The van der Waals surface area contributed by atoms with Gasteiger partial charge in [0.25, 0.3) is 5.91 Å². The van der Waals surface area contributed by atoms with Crippen LogP contribution in [0.2, 0.25) is 0 Å². The van der Waals surface area contributed by atoms with Crippen molar-refractivity contribution in [3.05, 3.63) is 29.3 Å². The third-order valence-corrected chi connectivity index (χ3v) is 4.38. The van der Waals surface area contributed by atoms with Crippen molar-refractivity contribution in [2.45, 2.75) is 25.8 Å². The lowest BCUT2D eigenvalue weighted by atomic mass is 9.99. The normalized spacial score (nSPS) is 26.7. The summed E-state index contributed by atoms with van der Waals surface area (Å²) in [5.41, 5.74) is 7.47. The highest BCUT2D eigenvalue weighted by molar-refractivity contribution is 5.95. The van der Waals surface area contributed by atoms with Crippen LogP contribution in [0, 0.1) is 18.8 Å². The van der Waals surface area contributed by atoms with Crippen molar-refractivity contribution < 1.29 is 9.90 Å². The van der Waals surface area contributed by atoms with E-state index >= 15 is 0 Å².